The first-order valence-electron chi connectivity index (χ1n) is 9.36. The summed E-state index contributed by atoms with van der Waals surface area (Å²) in [5.41, 5.74) is 11.1. The number of rotatable bonds is 3. The highest BCUT2D eigenvalue weighted by atomic mass is 32.2. The number of aliphatic imine (C=N–C) groups is 1. The molecule has 1 fully saturated rings. The molecule has 1 atom stereocenters. The van der Waals surface area contributed by atoms with E-state index in [0.29, 0.717) is 25.3 Å². The van der Waals surface area contributed by atoms with Crippen molar-refractivity contribution in [3.63, 3.8) is 0 Å². The number of sulfonamides is 1. The third-order valence-corrected chi connectivity index (χ3v) is 7.61. The predicted molar refractivity (Wildman–Crippen MR) is 110 cm³/mol. The Hall–Kier alpha value is -2.22. The lowest BCUT2D eigenvalue weighted by Crippen LogP contribution is -2.33. The van der Waals surface area contributed by atoms with Gasteiger partial charge in [0.25, 0.3) is 0 Å². The van der Waals surface area contributed by atoms with Crippen LogP contribution >= 0.6 is 0 Å². The molecule has 2 aromatic carbocycles. The molecule has 0 saturated carbocycles. The second-order valence-corrected chi connectivity index (χ2v) is 9.97. The molecular formula is C21H25N3O3S. The third kappa shape index (κ3) is 3.03. The normalized spacial score (nSPS) is 22.4. The molecule has 0 bridgehead atoms. The van der Waals surface area contributed by atoms with Crippen LogP contribution in [0.3, 0.4) is 0 Å². The predicted octanol–water partition coefficient (Wildman–Crippen LogP) is 2.33. The average Bonchev–Trinajstić information content (AvgIpc) is 3.19. The molecular weight excluding hydrogens is 374 g/mol. The molecule has 2 aromatic rings. The molecule has 1 unspecified atom stereocenters. The fourth-order valence-electron chi connectivity index (χ4n) is 4.15. The number of hydrogen-bond acceptors (Lipinski definition) is 5. The number of fused-ring (bicyclic) bond motifs is 1. The Bertz CT molecular complexity index is 1100. The van der Waals surface area contributed by atoms with E-state index < -0.39 is 15.6 Å². The highest BCUT2D eigenvalue weighted by Gasteiger charge is 2.38. The molecule has 1 saturated heterocycles. The van der Waals surface area contributed by atoms with Crippen molar-refractivity contribution in [3.8, 4) is 11.1 Å². The number of aryl methyl sites for hydroxylation is 1. The molecule has 2 aliphatic rings. The van der Waals surface area contributed by atoms with Gasteiger partial charge in [-0.05, 0) is 67.1 Å². The highest BCUT2D eigenvalue weighted by Crippen LogP contribution is 2.34. The number of β-amino-alcohol motifs (C(OH)–C–C–N with tert-alkyl or cyclic N) is 1. The van der Waals surface area contributed by atoms with Gasteiger partial charge in [-0.2, -0.15) is 4.31 Å². The van der Waals surface area contributed by atoms with Crippen molar-refractivity contribution in [1.29, 1.82) is 0 Å². The first kappa shape index (κ1) is 19.1. The molecule has 0 amide bonds. The topological polar surface area (TPSA) is 96.0 Å². The van der Waals surface area contributed by atoms with Crippen LogP contribution in [0.4, 0.5) is 0 Å². The summed E-state index contributed by atoms with van der Waals surface area (Å²) in [7, 11) is -3.63. The smallest absolute Gasteiger partial charge is 0.243 e. The molecule has 2 heterocycles. The fourth-order valence-corrected chi connectivity index (χ4v) is 5.80. The van der Waals surface area contributed by atoms with E-state index in [1.807, 2.05) is 26.0 Å². The first-order chi connectivity index (χ1) is 13.1. The van der Waals surface area contributed by atoms with Crippen molar-refractivity contribution in [1.82, 2.24) is 4.31 Å². The number of hydrogen-bond donors (Lipinski definition) is 2. The third-order valence-electron chi connectivity index (χ3n) is 5.77. The largest absolute Gasteiger partial charge is 0.389 e. The summed E-state index contributed by atoms with van der Waals surface area (Å²) in [6.45, 7) is 6.68. The minimum Gasteiger partial charge on any atom is -0.389 e. The molecule has 6 nitrogen and oxygen atoms in total. The standard InChI is InChI=1S/C21H25N3O3S/c1-13-10-16(28(26,27)24-9-8-21(3,25)12-24)5-7-17(13)18-6-4-15-11-23-20(22)19(15)14(18)2/h4-7,10,25H,8-9,11-12H2,1-3H3,(H2,22,23). The van der Waals surface area contributed by atoms with Gasteiger partial charge in [0.2, 0.25) is 10.0 Å². The van der Waals surface area contributed by atoms with E-state index in [4.69, 9.17) is 5.73 Å². The number of benzene rings is 2. The van der Waals surface area contributed by atoms with E-state index >= 15 is 0 Å². The van der Waals surface area contributed by atoms with Crippen molar-refractivity contribution >= 4 is 15.9 Å². The lowest BCUT2D eigenvalue weighted by atomic mass is 9.91. The Morgan fingerprint density at radius 2 is 1.89 bits per heavy atom. The van der Waals surface area contributed by atoms with E-state index in [2.05, 4.69) is 11.1 Å². The Labute approximate surface area is 165 Å². The lowest BCUT2D eigenvalue weighted by molar-refractivity contribution is 0.0762. The van der Waals surface area contributed by atoms with E-state index in [9.17, 15) is 13.5 Å². The van der Waals surface area contributed by atoms with Crippen LogP contribution in [-0.4, -0.2) is 42.4 Å². The van der Waals surface area contributed by atoms with Gasteiger partial charge < -0.3 is 10.8 Å². The molecule has 0 aliphatic carbocycles. The van der Waals surface area contributed by atoms with Crippen molar-refractivity contribution in [2.75, 3.05) is 13.1 Å². The minimum atomic E-state index is -3.63. The zero-order valence-corrected chi connectivity index (χ0v) is 17.2. The van der Waals surface area contributed by atoms with Gasteiger partial charge in [0.15, 0.2) is 0 Å². The first-order valence-corrected chi connectivity index (χ1v) is 10.8. The van der Waals surface area contributed by atoms with Gasteiger partial charge in [-0.15, -0.1) is 0 Å². The molecule has 28 heavy (non-hydrogen) atoms. The van der Waals surface area contributed by atoms with Crippen LogP contribution in [0.2, 0.25) is 0 Å². The molecule has 0 aromatic heterocycles. The molecule has 4 rings (SSSR count). The maximum absolute atomic E-state index is 13.0. The van der Waals surface area contributed by atoms with Crippen molar-refractivity contribution in [2.24, 2.45) is 10.7 Å². The van der Waals surface area contributed by atoms with Gasteiger partial charge in [0.05, 0.1) is 17.0 Å². The quantitative estimate of drug-likeness (QED) is 0.828. The van der Waals surface area contributed by atoms with Crippen molar-refractivity contribution in [3.05, 3.63) is 52.6 Å². The maximum atomic E-state index is 13.0. The highest BCUT2D eigenvalue weighted by molar-refractivity contribution is 7.89. The molecule has 148 valence electrons. The van der Waals surface area contributed by atoms with Gasteiger partial charge in [0, 0.05) is 18.7 Å². The number of amidine groups is 1. The van der Waals surface area contributed by atoms with E-state index in [0.717, 1.165) is 33.4 Å². The van der Waals surface area contributed by atoms with Crippen LogP contribution in [0.5, 0.6) is 0 Å². The van der Waals surface area contributed by atoms with Crippen molar-refractivity contribution < 1.29 is 13.5 Å². The van der Waals surface area contributed by atoms with Gasteiger partial charge >= 0.3 is 0 Å². The number of aliphatic hydroxyl groups is 1. The Kier molecular flexibility index (Phi) is 4.37. The Balaban J connectivity index is 1.72. The summed E-state index contributed by atoms with van der Waals surface area (Å²) >= 11 is 0. The SMILES string of the molecule is Cc1cc(S(=O)(=O)N2CCC(C)(O)C2)ccc1-c1ccc2c(c1C)C(N)=NC2. The van der Waals surface area contributed by atoms with Crippen molar-refractivity contribution in [2.45, 2.75) is 44.2 Å². The minimum absolute atomic E-state index is 0.124. The van der Waals surface area contributed by atoms with Crippen LogP contribution in [0.15, 0.2) is 40.2 Å². The summed E-state index contributed by atoms with van der Waals surface area (Å²) in [6, 6.07) is 9.30. The Morgan fingerprint density at radius 3 is 2.54 bits per heavy atom. The molecule has 2 aliphatic heterocycles. The molecule has 3 N–H and O–H groups in total. The van der Waals surface area contributed by atoms with E-state index in [-0.39, 0.29) is 11.4 Å². The van der Waals surface area contributed by atoms with E-state index in [1.165, 1.54) is 4.31 Å². The maximum Gasteiger partial charge on any atom is 0.243 e. The van der Waals surface area contributed by atoms with Gasteiger partial charge in [0.1, 0.15) is 5.84 Å². The second kappa shape index (κ2) is 6.40. The van der Waals surface area contributed by atoms with Gasteiger partial charge in [-0.25, -0.2) is 8.42 Å². The van der Waals surface area contributed by atoms with Gasteiger partial charge in [-0.3, -0.25) is 4.99 Å². The van der Waals surface area contributed by atoms with E-state index in [1.54, 1.807) is 19.1 Å². The molecule has 7 heteroatoms. The number of nitrogens with zero attached hydrogens (tertiary/aromatic N) is 2. The zero-order chi connectivity index (χ0) is 20.3. The average molecular weight is 400 g/mol. The van der Waals surface area contributed by atoms with Crippen LogP contribution in [0, 0.1) is 13.8 Å². The monoisotopic (exact) mass is 399 g/mol. The fraction of sp³-hybridized carbons (Fsp3) is 0.381. The Morgan fingerprint density at radius 1 is 1.18 bits per heavy atom. The molecule has 0 radical (unpaired) electrons. The summed E-state index contributed by atoms with van der Waals surface area (Å²) in [4.78, 5) is 4.57. The summed E-state index contributed by atoms with van der Waals surface area (Å²) in [5.74, 6) is 0.562. The second-order valence-electron chi connectivity index (χ2n) is 8.04. The van der Waals surface area contributed by atoms with Crippen LogP contribution in [0.1, 0.15) is 35.6 Å². The zero-order valence-electron chi connectivity index (χ0n) is 16.4. The van der Waals surface area contributed by atoms with Gasteiger partial charge in [-0.1, -0.05) is 18.2 Å². The summed E-state index contributed by atoms with van der Waals surface area (Å²) < 4.78 is 27.3. The van der Waals surface area contributed by atoms with Crippen LogP contribution in [-0.2, 0) is 16.6 Å². The lowest BCUT2D eigenvalue weighted by Gasteiger charge is -2.20. The molecule has 0 spiro atoms. The number of nitrogens with two attached hydrogens (primary N) is 1. The van der Waals surface area contributed by atoms with Crippen LogP contribution < -0.4 is 5.73 Å². The summed E-state index contributed by atoms with van der Waals surface area (Å²) in [5, 5.41) is 10.1. The summed E-state index contributed by atoms with van der Waals surface area (Å²) in [6.07, 6.45) is 0.445. The van der Waals surface area contributed by atoms with Crippen LogP contribution in [0.25, 0.3) is 11.1 Å².